The van der Waals surface area contributed by atoms with Crippen molar-refractivity contribution in [3.05, 3.63) is 46.9 Å². The Kier molecular flexibility index (Phi) is 3.68. The molecule has 3 rings (SSSR count). The maximum atomic E-state index is 11.3. The molecule has 2 aromatic rings. The fourth-order valence-corrected chi connectivity index (χ4v) is 2.13. The highest BCUT2D eigenvalue weighted by molar-refractivity contribution is 6.38. The number of halogens is 1. The second-order valence-corrected chi connectivity index (χ2v) is 5.13. The van der Waals surface area contributed by atoms with Gasteiger partial charge in [-0.15, -0.1) is 0 Å². The lowest BCUT2D eigenvalue weighted by molar-refractivity contribution is 0.0690. The molecule has 1 aromatic heterocycles. The molecule has 0 aliphatic carbocycles. The van der Waals surface area contributed by atoms with E-state index in [9.17, 15) is 9.90 Å². The number of aliphatic imine (C=N–C) groups is 2. The molecule has 22 heavy (non-hydrogen) atoms. The average molecular weight is 315 g/mol. The topological polar surface area (TPSA) is 87.8 Å². The number of aromatic carboxylic acids is 1. The van der Waals surface area contributed by atoms with Gasteiger partial charge in [-0.2, -0.15) is 0 Å². The lowest BCUT2D eigenvalue weighted by Crippen LogP contribution is -2.12. The molecule has 2 heterocycles. The Balaban J connectivity index is 2.12. The van der Waals surface area contributed by atoms with E-state index in [4.69, 9.17) is 11.6 Å². The number of carboxylic acids is 1. The molecule has 1 N–H and O–H groups in total. The Labute approximate surface area is 131 Å². The lowest BCUT2D eigenvalue weighted by Gasteiger charge is -2.05. The predicted octanol–water partition coefficient (Wildman–Crippen LogP) is 2.71. The number of hydrogen-bond donors (Lipinski definition) is 1. The highest BCUT2D eigenvalue weighted by Gasteiger charge is 2.17. The summed E-state index contributed by atoms with van der Waals surface area (Å²) in [7, 11) is 0. The third-order valence-electron chi connectivity index (χ3n) is 3.05. The van der Waals surface area contributed by atoms with Crippen molar-refractivity contribution in [3.8, 4) is 11.3 Å². The van der Waals surface area contributed by atoms with Crippen LogP contribution in [-0.2, 0) is 0 Å². The largest absolute Gasteiger partial charge is 0.477 e. The van der Waals surface area contributed by atoms with Crippen LogP contribution in [0.15, 0.2) is 40.3 Å². The van der Waals surface area contributed by atoms with Gasteiger partial charge in [0.05, 0.1) is 11.9 Å². The Morgan fingerprint density at radius 2 is 1.95 bits per heavy atom. The number of aromatic nitrogens is 2. The fourth-order valence-electron chi connectivity index (χ4n) is 2.00. The van der Waals surface area contributed by atoms with Crippen molar-refractivity contribution in [3.63, 3.8) is 0 Å². The van der Waals surface area contributed by atoms with Gasteiger partial charge in [0.1, 0.15) is 11.9 Å². The molecule has 1 atom stereocenters. The van der Waals surface area contributed by atoms with Crippen molar-refractivity contribution in [1.82, 2.24) is 9.97 Å². The molecule has 7 heteroatoms. The minimum Gasteiger partial charge on any atom is -0.477 e. The van der Waals surface area contributed by atoms with E-state index in [2.05, 4.69) is 20.0 Å². The van der Waals surface area contributed by atoms with Gasteiger partial charge in [-0.25, -0.2) is 14.8 Å². The third-order valence-corrected chi connectivity index (χ3v) is 3.30. The van der Waals surface area contributed by atoms with Gasteiger partial charge in [0.25, 0.3) is 0 Å². The summed E-state index contributed by atoms with van der Waals surface area (Å²) in [6.45, 7) is 1.82. The van der Waals surface area contributed by atoms with Gasteiger partial charge < -0.3 is 5.11 Å². The summed E-state index contributed by atoms with van der Waals surface area (Å²) in [4.78, 5) is 28.1. The van der Waals surface area contributed by atoms with Crippen LogP contribution in [0.25, 0.3) is 11.3 Å². The number of rotatable bonds is 3. The smallest absolute Gasteiger partial charge is 0.354 e. The Morgan fingerprint density at radius 1 is 1.23 bits per heavy atom. The normalized spacial score (nSPS) is 16.6. The van der Waals surface area contributed by atoms with Gasteiger partial charge in [0.15, 0.2) is 11.5 Å². The molecular weight excluding hydrogens is 304 g/mol. The van der Waals surface area contributed by atoms with E-state index in [-0.39, 0.29) is 17.7 Å². The van der Waals surface area contributed by atoms with E-state index < -0.39 is 5.97 Å². The molecule has 1 aliphatic rings. The SMILES string of the molecule is CC1N=CC(c2nc(C(=O)O)cc(-c3ccc(Cl)cc3)n2)=N1. The monoisotopic (exact) mass is 314 g/mol. The van der Waals surface area contributed by atoms with Crippen molar-refractivity contribution in [2.24, 2.45) is 9.98 Å². The molecule has 0 saturated heterocycles. The standard InChI is InChI=1S/C15H11ClN4O2/c1-8-17-7-13(18-8)14-19-11(6-12(20-14)15(21)22)9-2-4-10(16)5-3-9/h2-8H,1H3,(H,21,22). The lowest BCUT2D eigenvalue weighted by atomic mass is 10.1. The van der Waals surface area contributed by atoms with Crippen LogP contribution >= 0.6 is 11.6 Å². The van der Waals surface area contributed by atoms with E-state index in [1.807, 2.05) is 6.92 Å². The molecule has 6 nitrogen and oxygen atoms in total. The van der Waals surface area contributed by atoms with Crippen LogP contribution in [-0.4, -0.2) is 39.1 Å². The van der Waals surface area contributed by atoms with Crippen LogP contribution in [0.2, 0.25) is 5.02 Å². The summed E-state index contributed by atoms with van der Waals surface area (Å²) in [5, 5.41) is 9.83. The molecule has 0 bridgehead atoms. The zero-order chi connectivity index (χ0) is 15.7. The Morgan fingerprint density at radius 3 is 2.55 bits per heavy atom. The second-order valence-electron chi connectivity index (χ2n) is 4.70. The average Bonchev–Trinajstić information content (AvgIpc) is 2.94. The van der Waals surface area contributed by atoms with E-state index >= 15 is 0 Å². The number of hydrogen-bond acceptors (Lipinski definition) is 5. The summed E-state index contributed by atoms with van der Waals surface area (Å²) in [6, 6.07) is 8.40. The maximum absolute atomic E-state index is 11.3. The van der Waals surface area contributed by atoms with Gasteiger partial charge in [0.2, 0.25) is 0 Å². The minimum absolute atomic E-state index is 0.0920. The molecule has 1 unspecified atom stereocenters. The summed E-state index contributed by atoms with van der Waals surface area (Å²) >= 11 is 5.87. The van der Waals surface area contributed by atoms with Crippen LogP contribution in [0.3, 0.4) is 0 Å². The van der Waals surface area contributed by atoms with E-state index in [0.717, 1.165) is 5.56 Å². The molecule has 0 amide bonds. The molecule has 110 valence electrons. The van der Waals surface area contributed by atoms with Crippen molar-refractivity contribution in [1.29, 1.82) is 0 Å². The van der Waals surface area contributed by atoms with Crippen LogP contribution < -0.4 is 0 Å². The van der Waals surface area contributed by atoms with Crippen LogP contribution in [0, 0.1) is 0 Å². The third kappa shape index (κ3) is 2.87. The summed E-state index contributed by atoms with van der Waals surface area (Å²) in [5.74, 6) is -0.875. The molecular formula is C15H11ClN4O2. The Bertz CT molecular complexity index is 800. The van der Waals surface area contributed by atoms with Crippen molar-refractivity contribution >= 4 is 29.5 Å². The molecule has 0 fully saturated rings. The Hall–Kier alpha value is -2.60. The number of benzene rings is 1. The molecule has 0 saturated carbocycles. The second kappa shape index (κ2) is 5.65. The predicted molar refractivity (Wildman–Crippen MR) is 83.9 cm³/mol. The van der Waals surface area contributed by atoms with Crippen molar-refractivity contribution in [2.75, 3.05) is 0 Å². The first kappa shape index (κ1) is 14.3. The van der Waals surface area contributed by atoms with E-state index in [0.29, 0.717) is 16.4 Å². The highest BCUT2D eigenvalue weighted by Crippen LogP contribution is 2.21. The highest BCUT2D eigenvalue weighted by atomic mass is 35.5. The first-order valence-electron chi connectivity index (χ1n) is 6.52. The number of carbonyl (C=O) groups is 1. The van der Waals surface area contributed by atoms with Gasteiger partial charge in [0, 0.05) is 10.6 Å². The summed E-state index contributed by atoms with van der Waals surface area (Å²) < 4.78 is 0. The summed E-state index contributed by atoms with van der Waals surface area (Å²) in [5.41, 5.74) is 1.63. The number of nitrogens with zero attached hydrogens (tertiary/aromatic N) is 4. The quantitative estimate of drug-likeness (QED) is 0.943. The molecule has 0 radical (unpaired) electrons. The zero-order valence-corrected chi connectivity index (χ0v) is 12.3. The fraction of sp³-hybridized carbons (Fsp3) is 0.133. The van der Waals surface area contributed by atoms with Gasteiger partial charge in [-0.3, -0.25) is 9.98 Å². The van der Waals surface area contributed by atoms with Crippen LogP contribution in [0.4, 0.5) is 0 Å². The first-order valence-corrected chi connectivity index (χ1v) is 6.90. The van der Waals surface area contributed by atoms with Crippen LogP contribution in [0.1, 0.15) is 23.2 Å². The minimum atomic E-state index is -1.12. The van der Waals surface area contributed by atoms with Crippen molar-refractivity contribution in [2.45, 2.75) is 13.1 Å². The first-order chi connectivity index (χ1) is 10.5. The van der Waals surface area contributed by atoms with Gasteiger partial charge in [-0.1, -0.05) is 23.7 Å². The van der Waals surface area contributed by atoms with Crippen molar-refractivity contribution < 1.29 is 9.90 Å². The van der Waals surface area contributed by atoms with E-state index in [1.54, 1.807) is 30.5 Å². The van der Waals surface area contributed by atoms with Gasteiger partial charge >= 0.3 is 5.97 Å². The van der Waals surface area contributed by atoms with Crippen LogP contribution in [0.5, 0.6) is 0 Å². The maximum Gasteiger partial charge on any atom is 0.354 e. The zero-order valence-electron chi connectivity index (χ0n) is 11.6. The van der Waals surface area contributed by atoms with E-state index in [1.165, 1.54) is 6.07 Å². The van der Waals surface area contributed by atoms with Gasteiger partial charge in [-0.05, 0) is 25.1 Å². The summed E-state index contributed by atoms with van der Waals surface area (Å²) in [6.07, 6.45) is 1.35. The molecule has 1 aromatic carbocycles. The molecule has 0 spiro atoms. The molecule has 1 aliphatic heterocycles. The number of carboxylic acid groups (broad SMARTS) is 1.